The van der Waals surface area contributed by atoms with Gasteiger partial charge in [0.15, 0.2) is 0 Å². The lowest BCUT2D eigenvalue weighted by molar-refractivity contribution is -0.0698. The Morgan fingerprint density at radius 3 is 2.19 bits per heavy atom. The minimum absolute atomic E-state index is 0.115. The largest absolute Gasteiger partial charge is 0.707 e. The summed E-state index contributed by atoms with van der Waals surface area (Å²) in [5.41, 5.74) is -1.20. The van der Waals surface area contributed by atoms with Gasteiger partial charge in [0.05, 0.1) is 11.8 Å². The predicted molar refractivity (Wildman–Crippen MR) is 51.8 cm³/mol. The van der Waals surface area contributed by atoms with E-state index in [1.807, 2.05) is 0 Å². The van der Waals surface area contributed by atoms with Crippen molar-refractivity contribution in [3.63, 3.8) is 0 Å². The van der Waals surface area contributed by atoms with Gasteiger partial charge in [0, 0.05) is 0 Å². The van der Waals surface area contributed by atoms with Gasteiger partial charge in [-0.1, -0.05) is 30.3 Å². The summed E-state index contributed by atoms with van der Waals surface area (Å²) in [7, 11) is -2.28. The lowest BCUT2D eigenvalue weighted by atomic mass is 10.1. The van der Waals surface area contributed by atoms with Gasteiger partial charge in [0.25, 0.3) is 0 Å². The zero-order valence-corrected chi connectivity index (χ0v) is 7.98. The molecule has 0 atom stereocenters. The first kappa shape index (κ1) is 12.6. The Kier molecular flexibility index (Phi) is 3.97. The zero-order chi connectivity index (χ0) is 12.2. The van der Waals surface area contributed by atoms with Crippen LogP contribution in [0.2, 0.25) is 0 Å². The topological polar surface area (TPSA) is 49.7 Å². The molecule has 7 heteroatoms. The highest BCUT2D eigenvalue weighted by molar-refractivity contribution is 6.33. The Bertz CT molecular complexity index is 362. The second-order valence-electron chi connectivity index (χ2n) is 2.86. The normalized spacial score (nSPS) is 12.4. The molecular weight excluding hydrogens is 224 g/mol. The molecule has 3 nitrogen and oxygen atoms in total. The molecule has 0 unspecified atom stereocenters. The van der Waals surface area contributed by atoms with E-state index in [9.17, 15) is 13.2 Å². The molecular formula is C9H8BF3O3. The van der Waals surface area contributed by atoms with Gasteiger partial charge in [-0.3, -0.25) is 0 Å². The molecule has 1 aromatic carbocycles. The average molecular weight is 232 g/mol. The van der Waals surface area contributed by atoms with Crippen LogP contribution in [0.25, 0.3) is 5.57 Å². The molecule has 0 fully saturated rings. The zero-order valence-electron chi connectivity index (χ0n) is 7.98. The first-order valence-corrected chi connectivity index (χ1v) is 4.25. The van der Waals surface area contributed by atoms with E-state index in [1.165, 1.54) is 24.3 Å². The molecule has 0 saturated heterocycles. The molecule has 1 aromatic rings. The minimum Gasteiger partial charge on any atom is -0.518 e. The lowest BCUT2D eigenvalue weighted by Gasteiger charge is -2.11. The molecule has 0 spiro atoms. The third-order valence-corrected chi connectivity index (χ3v) is 1.70. The maximum Gasteiger partial charge on any atom is 0.707 e. The van der Waals surface area contributed by atoms with Crippen LogP contribution in [0, 0.1) is 0 Å². The molecule has 0 aliphatic carbocycles. The second kappa shape index (κ2) is 5.04. The highest BCUT2D eigenvalue weighted by atomic mass is 19.4. The Morgan fingerprint density at radius 1 is 1.19 bits per heavy atom. The fourth-order valence-electron chi connectivity index (χ4n) is 1.05. The van der Waals surface area contributed by atoms with Gasteiger partial charge in [-0.05, 0) is 5.56 Å². The maximum atomic E-state index is 12.5. The molecule has 0 aliphatic heterocycles. The highest BCUT2D eigenvalue weighted by Crippen LogP contribution is 2.33. The number of alkyl halides is 3. The predicted octanol–water partition coefficient (Wildman–Crippen LogP) is 1.58. The standard InChI is InChI=1S/C9H8BF3O3/c11-9(12,13)8(6-16-10(14)15)7-4-2-1-3-5-7/h1-6,14-15H/b8-6-. The van der Waals surface area contributed by atoms with E-state index in [2.05, 4.69) is 4.65 Å². The van der Waals surface area contributed by atoms with E-state index in [0.29, 0.717) is 0 Å². The van der Waals surface area contributed by atoms with Crippen molar-refractivity contribution in [3.8, 4) is 0 Å². The van der Waals surface area contributed by atoms with Crippen LogP contribution in [0.3, 0.4) is 0 Å². The van der Waals surface area contributed by atoms with Gasteiger partial charge in [-0.15, -0.1) is 0 Å². The molecule has 0 bridgehead atoms. The van der Waals surface area contributed by atoms with Crippen LogP contribution in [-0.4, -0.2) is 23.5 Å². The number of hydrogen-bond acceptors (Lipinski definition) is 3. The van der Waals surface area contributed by atoms with Crippen molar-refractivity contribution >= 4 is 12.9 Å². The molecule has 86 valence electrons. The Balaban J connectivity index is 3.03. The molecule has 0 amide bonds. The van der Waals surface area contributed by atoms with Gasteiger partial charge < -0.3 is 14.7 Å². The summed E-state index contributed by atoms with van der Waals surface area (Å²) in [5.74, 6) is 0. The minimum atomic E-state index is -4.63. The summed E-state index contributed by atoms with van der Waals surface area (Å²) < 4.78 is 41.6. The quantitative estimate of drug-likeness (QED) is 0.614. The number of rotatable bonds is 3. The lowest BCUT2D eigenvalue weighted by Crippen LogP contribution is -2.16. The molecule has 0 radical (unpaired) electrons. The Hall–Kier alpha value is -1.47. The smallest absolute Gasteiger partial charge is 0.518 e. The fraction of sp³-hybridized carbons (Fsp3) is 0.111. The van der Waals surface area contributed by atoms with Crippen LogP contribution >= 0.6 is 0 Å². The molecule has 0 heterocycles. The summed E-state index contributed by atoms with van der Waals surface area (Å²) in [6.07, 6.45) is -4.35. The van der Waals surface area contributed by atoms with Crippen LogP contribution in [-0.2, 0) is 4.65 Å². The van der Waals surface area contributed by atoms with E-state index in [0.717, 1.165) is 0 Å². The third kappa shape index (κ3) is 3.60. The number of hydrogen-bond donors (Lipinski definition) is 2. The third-order valence-electron chi connectivity index (χ3n) is 1.70. The van der Waals surface area contributed by atoms with Crippen molar-refractivity contribution in [1.29, 1.82) is 0 Å². The maximum absolute atomic E-state index is 12.5. The van der Waals surface area contributed by atoms with Gasteiger partial charge in [-0.2, -0.15) is 13.2 Å². The van der Waals surface area contributed by atoms with Gasteiger partial charge >= 0.3 is 13.5 Å². The molecule has 1 rings (SSSR count). The first-order chi connectivity index (χ1) is 7.41. The van der Waals surface area contributed by atoms with Crippen molar-refractivity contribution in [1.82, 2.24) is 0 Å². The molecule has 0 aliphatic rings. The van der Waals surface area contributed by atoms with Crippen LogP contribution in [0.5, 0.6) is 0 Å². The van der Waals surface area contributed by atoms with E-state index < -0.39 is 19.1 Å². The van der Waals surface area contributed by atoms with Gasteiger partial charge in [0.1, 0.15) is 0 Å². The van der Waals surface area contributed by atoms with Crippen molar-refractivity contribution in [2.24, 2.45) is 0 Å². The Morgan fingerprint density at radius 2 is 1.75 bits per heavy atom. The van der Waals surface area contributed by atoms with E-state index in [4.69, 9.17) is 10.0 Å². The van der Waals surface area contributed by atoms with Crippen molar-refractivity contribution in [2.45, 2.75) is 6.18 Å². The number of halogens is 3. The summed E-state index contributed by atoms with van der Waals surface area (Å²) in [5, 5.41) is 16.7. The first-order valence-electron chi connectivity index (χ1n) is 4.25. The van der Waals surface area contributed by atoms with Crippen LogP contribution in [0.15, 0.2) is 36.6 Å². The SMILES string of the molecule is OB(O)O/C=C(/c1ccccc1)C(F)(F)F. The summed E-state index contributed by atoms with van der Waals surface area (Å²) in [6, 6.07) is 6.92. The van der Waals surface area contributed by atoms with Crippen molar-refractivity contribution < 1.29 is 27.9 Å². The molecule has 16 heavy (non-hydrogen) atoms. The number of benzene rings is 1. The molecule has 2 N–H and O–H groups in total. The molecule has 0 saturated carbocycles. The number of allylic oxidation sites excluding steroid dienone is 1. The van der Waals surface area contributed by atoms with Crippen molar-refractivity contribution in [2.75, 3.05) is 0 Å². The van der Waals surface area contributed by atoms with Crippen LogP contribution in [0.4, 0.5) is 13.2 Å². The average Bonchev–Trinajstić information content (AvgIpc) is 2.17. The van der Waals surface area contributed by atoms with E-state index in [-0.39, 0.29) is 11.8 Å². The van der Waals surface area contributed by atoms with E-state index in [1.54, 1.807) is 6.07 Å². The Labute approximate surface area is 90.0 Å². The second-order valence-corrected chi connectivity index (χ2v) is 2.86. The molecule has 0 aromatic heterocycles. The summed E-state index contributed by atoms with van der Waals surface area (Å²) >= 11 is 0. The van der Waals surface area contributed by atoms with Crippen molar-refractivity contribution in [3.05, 3.63) is 42.2 Å². The summed E-state index contributed by atoms with van der Waals surface area (Å²) in [6.45, 7) is 0. The monoisotopic (exact) mass is 232 g/mol. The van der Waals surface area contributed by atoms with Gasteiger partial charge in [-0.25, -0.2) is 0 Å². The highest BCUT2D eigenvalue weighted by Gasteiger charge is 2.35. The summed E-state index contributed by atoms with van der Waals surface area (Å²) in [4.78, 5) is 0. The fourth-order valence-corrected chi connectivity index (χ4v) is 1.05. The van der Waals surface area contributed by atoms with E-state index >= 15 is 0 Å². The van der Waals surface area contributed by atoms with Crippen LogP contribution < -0.4 is 0 Å². The van der Waals surface area contributed by atoms with Crippen LogP contribution in [0.1, 0.15) is 5.56 Å². The van der Waals surface area contributed by atoms with Gasteiger partial charge in [0.2, 0.25) is 0 Å².